The normalized spacial score (nSPS) is 15.5. The number of furan rings is 1. The van der Waals surface area contributed by atoms with Gasteiger partial charge in [0.2, 0.25) is 0 Å². The van der Waals surface area contributed by atoms with E-state index in [2.05, 4.69) is 0 Å². The van der Waals surface area contributed by atoms with Crippen LogP contribution in [0.25, 0.3) is 11.8 Å². The molecule has 1 aromatic carbocycles. The summed E-state index contributed by atoms with van der Waals surface area (Å²) in [5, 5.41) is 0. The highest BCUT2D eigenvalue weighted by atomic mass is 16.5. The van der Waals surface area contributed by atoms with Crippen LogP contribution in [0.4, 0.5) is 0 Å². The molecular weight excluding hydrogens is 296 g/mol. The lowest BCUT2D eigenvalue weighted by Gasteiger charge is -2.10. The van der Waals surface area contributed by atoms with Crippen molar-refractivity contribution < 1.29 is 23.4 Å². The Balaban J connectivity index is 2.00. The highest BCUT2D eigenvalue weighted by Crippen LogP contribution is 2.35. The summed E-state index contributed by atoms with van der Waals surface area (Å²) < 4.78 is 21.4. The summed E-state index contributed by atoms with van der Waals surface area (Å²) in [6.45, 7) is 1.84. The average molecular weight is 312 g/mol. The molecule has 0 N–H and O–H groups in total. The largest absolute Gasteiger partial charge is 0.497 e. The van der Waals surface area contributed by atoms with Gasteiger partial charge in [-0.15, -0.1) is 0 Å². The number of aryl methyl sites for hydroxylation is 1. The Hall–Kier alpha value is -2.95. The number of esters is 1. The van der Waals surface area contributed by atoms with Crippen LogP contribution in [0.15, 0.2) is 46.4 Å². The first-order valence-electron chi connectivity index (χ1n) is 7.05. The second kappa shape index (κ2) is 6.04. The maximum Gasteiger partial charge on any atom is 0.343 e. The fourth-order valence-electron chi connectivity index (χ4n) is 2.31. The van der Waals surface area contributed by atoms with Crippen molar-refractivity contribution in [3.63, 3.8) is 0 Å². The van der Waals surface area contributed by atoms with Gasteiger partial charge in [0.1, 0.15) is 28.8 Å². The van der Waals surface area contributed by atoms with Gasteiger partial charge in [-0.2, -0.15) is 0 Å². The maximum atomic E-state index is 12.1. The van der Waals surface area contributed by atoms with Crippen molar-refractivity contribution in [2.45, 2.75) is 6.92 Å². The molecule has 0 amide bonds. The van der Waals surface area contributed by atoms with E-state index in [-0.39, 0.29) is 0 Å². The van der Waals surface area contributed by atoms with Crippen LogP contribution < -0.4 is 9.47 Å². The minimum atomic E-state index is -0.432. The van der Waals surface area contributed by atoms with Crippen molar-refractivity contribution >= 4 is 17.8 Å². The topological polar surface area (TPSA) is 57.9 Å². The maximum absolute atomic E-state index is 12.1. The summed E-state index contributed by atoms with van der Waals surface area (Å²) in [5.41, 5.74) is 1.07. The van der Waals surface area contributed by atoms with E-state index in [1.165, 1.54) is 0 Å². The van der Waals surface area contributed by atoms with Crippen LogP contribution in [-0.4, -0.2) is 20.2 Å². The van der Waals surface area contributed by atoms with Crippen molar-refractivity contribution in [3.8, 4) is 11.5 Å². The average Bonchev–Trinajstić information content (AvgIpc) is 3.13. The molecule has 0 spiro atoms. The van der Waals surface area contributed by atoms with E-state index in [1.807, 2.05) is 13.0 Å². The molecule has 0 radical (unpaired) electrons. The van der Waals surface area contributed by atoms with Crippen LogP contribution in [0.5, 0.6) is 11.5 Å². The number of hydrogen-bond acceptors (Lipinski definition) is 5. The van der Waals surface area contributed by atoms with Gasteiger partial charge < -0.3 is 18.6 Å². The summed E-state index contributed by atoms with van der Waals surface area (Å²) in [5.74, 6) is 2.61. The number of ether oxygens (including phenoxy) is 3. The van der Waals surface area contributed by atoms with Gasteiger partial charge in [0, 0.05) is 0 Å². The van der Waals surface area contributed by atoms with Crippen LogP contribution in [0.3, 0.4) is 0 Å². The molecule has 1 aliphatic rings. The Morgan fingerprint density at radius 2 is 1.91 bits per heavy atom. The van der Waals surface area contributed by atoms with E-state index < -0.39 is 5.97 Å². The van der Waals surface area contributed by atoms with Crippen molar-refractivity contribution in [3.05, 3.63) is 59.1 Å². The van der Waals surface area contributed by atoms with Crippen LogP contribution >= 0.6 is 0 Å². The van der Waals surface area contributed by atoms with Crippen LogP contribution in [-0.2, 0) is 9.53 Å². The van der Waals surface area contributed by atoms with Gasteiger partial charge in [-0.25, -0.2) is 4.79 Å². The van der Waals surface area contributed by atoms with E-state index in [9.17, 15) is 4.79 Å². The predicted molar refractivity (Wildman–Crippen MR) is 85.0 cm³/mol. The SMILES string of the molecule is COc1ccc(OC)c(C2=CC(=Cc3ccc(C)o3)C(=O)O2)c1. The summed E-state index contributed by atoms with van der Waals surface area (Å²) in [4.78, 5) is 12.1. The molecule has 0 unspecified atom stereocenters. The van der Waals surface area contributed by atoms with Gasteiger partial charge in [0.25, 0.3) is 0 Å². The smallest absolute Gasteiger partial charge is 0.343 e. The Bertz CT molecular complexity index is 811. The first-order chi connectivity index (χ1) is 11.1. The highest BCUT2D eigenvalue weighted by Gasteiger charge is 2.25. The second-order valence-electron chi connectivity index (χ2n) is 5.01. The molecule has 1 aliphatic heterocycles. The Kier molecular flexibility index (Phi) is 3.93. The monoisotopic (exact) mass is 312 g/mol. The summed E-state index contributed by atoms with van der Waals surface area (Å²) in [7, 11) is 3.14. The lowest BCUT2D eigenvalue weighted by Crippen LogP contribution is -1.98. The summed E-state index contributed by atoms with van der Waals surface area (Å²) >= 11 is 0. The minimum absolute atomic E-state index is 0.416. The third-order valence-electron chi connectivity index (χ3n) is 3.46. The number of carbonyl (C=O) groups is 1. The first-order valence-corrected chi connectivity index (χ1v) is 7.05. The van der Waals surface area contributed by atoms with E-state index in [1.54, 1.807) is 50.6 Å². The first kappa shape index (κ1) is 15.0. The Morgan fingerprint density at radius 1 is 1.09 bits per heavy atom. The molecule has 118 valence electrons. The van der Waals surface area contributed by atoms with Crippen LogP contribution in [0.1, 0.15) is 17.1 Å². The standard InChI is InChI=1S/C18H16O5/c1-11-4-5-14(22-11)8-12-9-17(23-18(12)19)15-10-13(20-2)6-7-16(15)21-3/h4-10H,1-3H3. The fraction of sp³-hybridized carbons (Fsp3) is 0.167. The molecule has 0 bridgehead atoms. The van der Waals surface area contributed by atoms with Crippen molar-refractivity contribution in [2.24, 2.45) is 0 Å². The lowest BCUT2D eigenvalue weighted by molar-refractivity contribution is -0.130. The fourth-order valence-corrected chi connectivity index (χ4v) is 2.31. The molecule has 2 heterocycles. The number of methoxy groups -OCH3 is 2. The molecule has 0 atom stereocenters. The molecule has 0 saturated heterocycles. The third kappa shape index (κ3) is 2.99. The Morgan fingerprint density at radius 3 is 2.57 bits per heavy atom. The Labute approximate surface area is 133 Å². The van der Waals surface area contributed by atoms with Gasteiger partial charge in [0.15, 0.2) is 0 Å². The summed E-state index contributed by atoms with van der Waals surface area (Å²) in [6, 6.07) is 8.94. The number of hydrogen-bond donors (Lipinski definition) is 0. The lowest BCUT2D eigenvalue weighted by atomic mass is 10.1. The third-order valence-corrected chi connectivity index (χ3v) is 3.46. The molecule has 0 aliphatic carbocycles. The molecular formula is C18H16O5. The molecule has 5 nitrogen and oxygen atoms in total. The quantitative estimate of drug-likeness (QED) is 0.638. The molecule has 0 saturated carbocycles. The van der Waals surface area contributed by atoms with Gasteiger partial charge in [0.05, 0.1) is 25.4 Å². The molecule has 3 rings (SSSR count). The zero-order valence-electron chi connectivity index (χ0n) is 13.1. The van der Waals surface area contributed by atoms with E-state index >= 15 is 0 Å². The molecule has 5 heteroatoms. The van der Waals surface area contributed by atoms with Gasteiger partial charge in [-0.1, -0.05) is 0 Å². The van der Waals surface area contributed by atoms with Crippen LogP contribution in [0.2, 0.25) is 0 Å². The van der Waals surface area contributed by atoms with Gasteiger partial charge in [-0.3, -0.25) is 0 Å². The number of cyclic esters (lactones) is 1. The van der Waals surface area contributed by atoms with Gasteiger partial charge in [-0.05, 0) is 49.4 Å². The van der Waals surface area contributed by atoms with Crippen molar-refractivity contribution in [1.29, 1.82) is 0 Å². The molecule has 2 aromatic rings. The van der Waals surface area contributed by atoms with E-state index in [0.717, 1.165) is 5.76 Å². The summed E-state index contributed by atoms with van der Waals surface area (Å²) in [6.07, 6.45) is 3.31. The zero-order chi connectivity index (χ0) is 16.4. The number of rotatable bonds is 4. The predicted octanol–water partition coefficient (Wildman–Crippen LogP) is 3.59. The zero-order valence-corrected chi connectivity index (χ0v) is 13.1. The minimum Gasteiger partial charge on any atom is -0.497 e. The number of carbonyl (C=O) groups excluding carboxylic acids is 1. The van der Waals surface area contributed by atoms with Crippen LogP contribution in [0, 0.1) is 6.92 Å². The van der Waals surface area contributed by atoms with E-state index in [0.29, 0.717) is 34.2 Å². The van der Waals surface area contributed by atoms with E-state index in [4.69, 9.17) is 18.6 Å². The van der Waals surface area contributed by atoms with Crippen molar-refractivity contribution in [2.75, 3.05) is 14.2 Å². The molecule has 23 heavy (non-hydrogen) atoms. The van der Waals surface area contributed by atoms with Gasteiger partial charge >= 0.3 is 5.97 Å². The highest BCUT2D eigenvalue weighted by molar-refractivity contribution is 6.05. The number of benzene rings is 1. The second-order valence-corrected chi connectivity index (χ2v) is 5.01. The molecule has 0 fully saturated rings. The van der Waals surface area contributed by atoms with Crippen molar-refractivity contribution in [1.82, 2.24) is 0 Å². The molecule has 1 aromatic heterocycles.